The van der Waals surface area contributed by atoms with Crippen LogP contribution in [-0.2, 0) is 22.4 Å². The monoisotopic (exact) mass is 498 g/mol. The molecule has 10 heteroatoms. The van der Waals surface area contributed by atoms with Crippen LogP contribution in [0.4, 0.5) is 4.39 Å². The number of carbonyl (C=O) groups excluding carboxylic acids is 1. The average Bonchev–Trinajstić information content (AvgIpc) is 3.39. The topological polar surface area (TPSA) is 87.3 Å². The molecule has 0 aliphatic carbocycles. The smallest absolute Gasteiger partial charge is 0.250 e. The van der Waals surface area contributed by atoms with Gasteiger partial charge in [-0.1, -0.05) is 13.8 Å². The van der Waals surface area contributed by atoms with Crippen LogP contribution in [-0.4, -0.2) is 69.3 Å². The summed E-state index contributed by atoms with van der Waals surface area (Å²) in [5.41, 5.74) is 4.29. The summed E-state index contributed by atoms with van der Waals surface area (Å²) in [5.74, 6) is -0.382. The number of amides is 1. The number of likely N-dealkylation sites (tertiary alicyclic amines) is 1. The number of rotatable bonds is 6. The summed E-state index contributed by atoms with van der Waals surface area (Å²) in [5, 5.41) is 9.69. The molecule has 194 valence electrons. The van der Waals surface area contributed by atoms with Crippen LogP contribution in [0.5, 0.6) is 5.88 Å². The number of halogens is 1. The molecule has 0 radical (unpaired) electrons. The van der Waals surface area contributed by atoms with Crippen molar-refractivity contribution < 1.29 is 20.1 Å². The van der Waals surface area contributed by atoms with Crippen molar-refractivity contribution in [2.45, 2.75) is 52.0 Å². The van der Waals surface area contributed by atoms with Crippen LogP contribution in [0.2, 0.25) is 0 Å². The lowest BCUT2D eigenvalue weighted by Gasteiger charge is -2.43. The minimum atomic E-state index is -0.534. The first kappa shape index (κ1) is 24.4. The van der Waals surface area contributed by atoms with Crippen molar-refractivity contribution in [1.29, 1.82) is 0 Å². The number of aromatic nitrogens is 5. The largest absolute Gasteiger partial charge is 0.479 e. The lowest BCUT2D eigenvalue weighted by atomic mass is 9.74. The molecule has 1 fully saturated rings. The van der Waals surface area contributed by atoms with Gasteiger partial charge in [0.15, 0.2) is 5.82 Å². The van der Waals surface area contributed by atoms with Crippen LogP contribution in [0.1, 0.15) is 51.8 Å². The molecule has 3 aromatic rings. The van der Waals surface area contributed by atoms with E-state index in [9.17, 15) is 9.18 Å². The number of nitrogens with zero attached hydrogens (tertiary/aromatic N) is 6. The normalized spacial score (nSPS) is 21.2. The number of hydrogen-bond acceptors (Lipinski definition) is 6. The Morgan fingerprint density at radius 1 is 1.28 bits per heavy atom. The molecule has 1 saturated heterocycles. The summed E-state index contributed by atoms with van der Waals surface area (Å²) < 4.78 is 29.0. The predicted molar refractivity (Wildman–Crippen MR) is 134 cm³/mol. The third-order valence-electron chi connectivity index (χ3n) is 7.62. The zero-order valence-corrected chi connectivity index (χ0v) is 21.3. The SMILES string of the molecule is CCC(n1cc(-c2nn(-c3cnc(OC)c(F)c3)c3c2CCOCC3)cn1)C1(C)CCC(=O)N(C)C1.[HH]. The van der Waals surface area contributed by atoms with Crippen molar-refractivity contribution >= 4 is 5.91 Å². The van der Waals surface area contributed by atoms with E-state index in [4.69, 9.17) is 19.7 Å². The molecule has 2 atom stereocenters. The van der Waals surface area contributed by atoms with Gasteiger partial charge in [-0.2, -0.15) is 10.2 Å². The molecular formula is C26H35FN6O3. The van der Waals surface area contributed by atoms with E-state index in [0.717, 1.165) is 35.4 Å². The van der Waals surface area contributed by atoms with E-state index in [1.54, 1.807) is 10.9 Å². The van der Waals surface area contributed by atoms with E-state index in [-0.39, 0.29) is 24.7 Å². The highest BCUT2D eigenvalue weighted by Gasteiger charge is 2.40. The Morgan fingerprint density at radius 2 is 2.08 bits per heavy atom. The van der Waals surface area contributed by atoms with Crippen LogP contribution in [0.25, 0.3) is 16.9 Å². The summed E-state index contributed by atoms with van der Waals surface area (Å²) in [4.78, 5) is 18.0. The fourth-order valence-corrected chi connectivity index (χ4v) is 5.77. The number of pyridine rings is 1. The highest BCUT2D eigenvalue weighted by atomic mass is 19.1. The molecule has 9 nitrogen and oxygen atoms in total. The van der Waals surface area contributed by atoms with Gasteiger partial charge in [0.2, 0.25) is 11.8 Å². The van der Waals surface area contributed by atoms with E-state index in [2.05, 4.69) is 25.0 Å². The Balaban J connectivity index is 0.00000320. The van der Waals surface area contributed by atoms with Crippen LogP contribution in [0, 0.1) is 11.2 Å². The quantitative estimate of drug-likeness (QED) is 0.513. The molecular weight excluding hydrogens is 463 g/mol. The Kier molecular flexibility index (Phi) is 6.55. The van der Waals surface area contributed by atoms with Gasteiger partial charge in [-0.15, -0.1) is 0 Å². The van der Waals surface area contributed by atoms with Gasteiger partial charge < -0.3 is 14.4 Å². The maximum atomic E-state index is 14.5. The fourth-order valence-electron chi connectivity index (χ4n) is 5.77. The maximum absolute atomic E-state index is 14.5. The third-order valence-corrected chi connectivity index (χ3v) is 7.62. The summed E-state index contributed by atoms with van der Waals surface area (Å²) in [6, 6.07) is 1.54. The summed E-state index contributed by atoms with van der Waals surface area (Å²) in [6.07, 6.45) is 9.16. The Morgan fingerprint density at radius 3 is 2.81 bits per heavy atom. The molecule has 0 spiro atoms. The second-order valence-corrected chi connectivity index (χ2v) is 10.0. The molecule has 2 aliphatic rings. The van der Waals surface area contributed by atoms with Crippen molar-refractivity contribution in [2.75, 3.05) is 33.9 Å². The Hall–Kier alpha value is -3.27. The number of piperidine rings is 1. The van der Waals surface area contributed by atoms with Gasteiger partial charge in [-0.05, 0) is 19.3 Å². The molecule has 0 bridgehead atoms. The second-order valence-electron chi connectivity index (χ2n) is 10.0. The molecule has 2 aliphatic heterocycles. The van der Waals surface area contributed by atoms with Crippen molar-refractivity contribution in [2.24, 2.45) is 5.41 Å². The summed E-state index contributed by atoms with van der Waals surface area (Å²) in [6.45, 7) is 6.29. The van der Waals surface area contributed by atoms with Crippen molar-refractivity contribution in [3.63, 3.8) is 0 Å². The van der Waals surface area contributed by atoms with E-state index in [1.165, 1.54) is 13.2 Å². The molecule has 0 saturated carbocycles. The minimum Gasteiger partial charge on any atom is -0.479 e. The van der Waals surface area contributed by atoms with Gasteiger partial charge in [0.25, 0.3) is 0 Å². The first-order valence-corrected chi connectivity index (χ1v) is 12.5. The number of fused-ring (bicyclic) bond motifs is 1. The lowest BCUT2D eigenvalue weighted by molar-refractivity contribution is -0.136. The second kappa shape index (κ2) is 9.65. The maximum Gasteiger partial charge on any atom is 0.250 e. The van der Waals surface area contributed by atoms with Gasteiger partial charge in [0.1, 0.15) is 0 Å². The highest BCUT2D eigenvalue weighted by molar-refractivity contribution is 5.76. The molecule has 5 rings (SSSR count). The van der Waals surface area contributed by atoms with Gasteiger partial charge in [-0.25, -0.2) is 14.1 Å². The summed E-state index contributed by atoms with van der Waals surface area (Å²) >= 11 is 0. The Bertz CT molecular complexity index is 1280. The van der Waals surface area contributed by atoms with Gasteiger partial charge in [0, 0.05) is 56.7 Å². The van der Waals surface area contributed by atoms with Crippen molar-refractivity contribution in [3.05, 3.63) is 41.7 Å². The number of hydrogen-bond donors (Lipinski definition) is 0. The van der Waals surface area contributed by atoms with E-state index < -0.39 is 5.82 Å². The molecule has 0 aromatic carbocycles. The zero-order chi connectivity index (χ0) is 25.4. The minimum absolute atomic E-state index is 0. The lowest BCUT2D eigenvalue weighted by Crippen LogP contribution is -2.47. The molecule has 5 heterocycles. The third kappa shape index (κ3) is 4.27. The predicted octanol–water partition coefficient (Wildman–Crippen LogP) is 3.85. The van der Waals surface area contributed by atoms with Crippen LogP contribution >= 0.6 is 0 Å². The van der Waals surface area contributed by atoms with Crippen molar-refractivity contribution in [1.82, 2.24) is 29.4 Å². The summed E-state index contributed by atoms with van der Waals surface area (Å²) in [7, 11) is 3.27. The number of carbonyl (C=O) groups is 1. The molecule has 1 amide bonds. The Labute approximate surface area is 211 Å². The number of methoxy groups -OCH3 is 1. The first-order valence-electron chi connectivity index (χ1n) is 12.5. The fraction of sp³-hybridized carbons (Fsp3) is 0.538. The van der Waals surface area contributed by atoms with Gasteiger partial charge in [0.05, 0.1) is 55.8 Å². The van der Waals surface area contributed by atoms with Crippen LogP contribution in [0.15, 0.2) is 24.7 Å². The van der Waals surface area contributed by atoms with Crippen LogP contribution in [0.3, 0.4) is 0 Å². The zero-order valence-electron chi connectivity index (χ0n) is 21.3. The molecule has 3 aromatic heterocycles. The van der Waals surface area contributed by atoms with Gasteiger partial charge >= 0.3 is 0 Å². The van der Waals surface area contributed by atoms with Crippen LogP contribution < -0.4 is 4.74 Å². The molecule has 36 heavy (non-hydrogen) atoms. The average molecular weight is 499 g/mol. The molecule has 0 N–H and O–H groups in total. The van der Waals surface area contributed by atoms with E-state index >= 15 is 0 Å². The number of ether oxygens (including phenoxy) is 2. The van der Waals surface area contributed by atoms with Gasteiger partial charge in [-0.3, -0.25) is 9.48 Å². The highest BCUT2D eigenvalue weighted by Crippen LogP contribution is 2.42. The van der Waals surface area contributed by atoms with Crippen molar-refractivity contribution in [3.8, 4) is 22.8 Å². The van der Waals surface area contributed by atoms with E-state index in [0.29, 0.717) is 44.7 Å². The first-order chi connectivity index (χ1) is 17.3. The molecule has 2 unspecified atom stereocenters. The standard InChI is InChI=1S/C26H33FN6O3.H2/c1-5-22(26(2)9-6-23(34)31(3)16-26)32-15-17(13-29-32)24-19-7-10-36-11-8-21(19)33(30-24)18-12-20(27)25(35-4)28-14-18;/h12-15,22H,5-11,16H2,1-4H3;1H. The van der Waals surface area contributed by atoms with E-state index in [1.807, 2.05) is 22.8 Å².